The Labute approximate surface area is 141 Å². The molecule has 1 aromatic carbocycles. The summed E-state index contributed by atoms with van der Waals surface area (Å²) in [5.74, 6) is -0.906. The maximum absolute atomic E-state index is 12.2. The molecule has 0 spiro atoms. The minimum atomic E-state index is -0.458. The van der Waals surface area contributed by atoms with Crippen LogP contribution in [0.4, 0.5) is 0 Å². The second-order valence-electron chi connectivity index (χ2n) is 5.93. The van der Waals surface area contributed by atoms with Gasteiger partial charge in [-0.05, 0) is 38.8 Å². The highest BCUT2D eigenvalue weighted by Crippen LogP contribution is 2.19. The lowest BCUT2D eigenvalue weighted by molar-refractivity contribution is -0.141. The number of carbonyl (C=O) groups excluding carboxylic acids is 3. The van der Waals surface area contributed by atoms with Gasteiger partial charge in [-0.25, -0.2) is 0 Å². The van der Waals surface area contributed by atoms with E-state index in [0.717, 1.165) is 11.1 Å². The lowest BCUT2D eigenvalue weighted by atomic mass is 10.1. The third kappa shape index (κ3) is 3.98. The maximum atomic E-state index is 12.2. The van der Waals surface area contributed by atoms with Gasteiger partial charge in [0, 0.05) is 11.3 Å². The van der Waals surface area contributed by atoms with Crippen LogP contribution in [0.3, 0.4) is 0 Å². The first-order valence-corrected chi connectivity index (χ1v) is 7.74. The fourth-order valence-electron chi connectivity index (χ4n) is 2.70. The zero-order chi connectivity index (χ0) is 17.9. The van der Waals surface area contributed by atoms with E-state index in [-0.39, 0.29) is 24.6 Å². The Morgan fingerprint density at radius 2 is 1.67 bits per heavy atom. The molecule has 0 aliphatic rings. The van der Waals surface area contributed by atoms with Crippen LogP contribution in [0.1, 0.15) is 50.2 Å². The molecule has 2 rings (SSSR count). The Morgan fingerprint density at radius 3 is 2.21 bits per heavy atom. The standard InChI is InChI=1S/C19H21NO4/c1-11-5-7-15(8-6-11)9-17(23)24-10-16(22)19-12(2)18(14(4)21)13(3)20-19/h5-8,20H,9-10H2,1-4H3. The van der Waals surface area contributed by atoms with Crippen molar-refractivity contribution in [2.75, 3.05) is 6.61 Å². The van der Waals surface area contributed by atoms with E-state index >= 15 is 0 Å². The van der Waals surface area contributed by atoms with Gasteiger partial charge in [0.05, 0.1) is 12.1 Å². The van der Waals surface area contributed by atoms with E-state index in [1.807, 2.05) is 31.2 Å². The molecule has 0 radical (unpaired) electrons. The molecule has 0 atom stereocenters. The summed E-state index contributed by atoms with van der Waals surface area (Å²) in [6.07, 6.45) is 0.120. The van der Waals surface area contributed by atoms with Crippen molar-refractivity contribution in [1.29, 1.82) is 0 Å². The van der Waals surface area contributed by atoms with Gasteiger partial charge in [-0.1, -0.05) is 29.8 Å². The number of hydrogen-bond acceptors (Lipinski definition) is 4. The number of aromatic amines is 1. The van der Waals surface area contributed by atoms with Crippen LogP contribution in [-0.2, 0) is 16.0 Å². The molecule has 0 aliphatic heterocycles. The average Bonchev–Trinajstić information content (AvgIpc) is 2.82. The van der Waals surface area contributed by atoms with Gasteiger partial charge >= 0.3 is 5.97 Å². The SMILES string of the molecule is CC(=O)c1c(C)[nH]c(C(=O)COC(=O)Cc2ccc(C)cc2)c1C. The van der Waals surface area contributed by atoms with E-state index in [1.165, 1.54) is 6.92 Å². The number of ketones is 2. The van der Waals surface area contributed by atoms with Crippen LogP contribution in [-0.4, -0.2) is 29.1 Å². The number of rotatable bonds is 6. The van der Waals surface area contributed by atoms with E-state index in [1.54, 1.807) is 13.8 Å². The number of ether oxygens (including phenoxy) is 1. The van der Waals surface area contributed by atoms with Crippen molar-refractivity contribution in [3.05, 3.63) is 57.9 Å². The average molecular weight is 327 g/mol. The Bertz CT molecular complexity index is 784. The smallest absolute Gasteiger partial charge is 0.310 e. The van der Waals surface area contributed by atoms with Crippen LogP contribution in [0.5, 0.6) is 0 Å². The van der Waals surface area contributed by atoms with Gasteiger partial charge in [0.1, 0.15) is 0 Å². The summed E-state index contributed by atoms with van der Waals surface area (Å²) in [5.41, 5.74) is 4.03. The summed E-state index contributed by atoms with van der Waals surface area (Å²) in [4.78, 5) is 38.6. The van der Waals surface area contributed by atoms with Crippen LogP contribution < -0.4 is 0 Å². The predicted octanol–water partition coefficient (Wildman–Crippen LogP) is 3.11. The first-order chi connectivity index (χ1) is 11.3. The molecule has 5 nitrogen and oxygen atoms in total. The molecule has 0 amide bonds. The summed E-state index contributed by atoms with van der Waals surface area (Å²) in [6.45, 7) is 6.53. The van der Waals surface area contributed by atoms with E-state index < -0.39 is 5.97 Å². The van der Waals surface area contributed by atoms with Crippen molar-refractivity contribution in [3.8, 4) is 0 Å². The second-order valence-corrected chi connectivity index (χ2v) is 5.93. The highest BCUT2D eigenvalue weighted by Gasteiger charge is 2.20. The molecule has 0 aliphatic carbocycles. The highest BCUT2D eigenvalue weighted by atomic mass is 16.5. The number of benzene rings is 1. The van der Waals surface area contributed by atoms with Gasteiger partial charge < -0.3 is 9.72 Å². The topological polar surface area (TPSA) is 76.2 Å². The summed E-state index contributed by atoms with van der Waals surface area (Å²) in [5, 5.41) is 0. The summed E-state index contributed by atoms with van der Waals surface area (Å²) in [6, 6.07) is 7.55. The van der Waals surface area contributed by atoms with E-state index in [0.29, 0.717) is 22.5 Å². The normalized spacial score (nSPS) is 10.5. The van der Waals surface area contributed by atoms with Crippen LogP contribution in [0.2, 0.25) is 0 Å². The molecule has 0 bridgehead atoms. The lowest BCUT2D eigenvalue weighted by Gasteiger charge is -2.05. The maximum Gasteiger partial charge on any atom is 0.310 e. The van der Waals surface area contributed by atoms with Crippen LogP contribution in [0.15, 0.2) is 24.3 Å². The van der Waals surface area contributed by atoms with Gasteiger partial charge in [0.25, 0.3) is 0 Å². The molecular weight excluding hydrogens is 306 g/mol. The number of hydrogen-bond donors (Lipinski definition) is 1. The van der Waals surface area contributed by atoms with Crippen molar-refractivity contribution in [3.63, 3.8) is 0 Å². The van der Waals surface area contributed by atoms with Crippen molar-refractivity contribution in [2.24, 2.45) is 0 Å². The molecule has 0 saturated carbocycles. The van der Waals surface area contributed by atoms with Gasteiger partial charge in [-0.2, -0.15) is 0 Å². The molecule has 0 saturated heterocycles. The number of nitrogens with one attached hydrogen (secondary N) is 1. The van der Waals surface area contributed by atoms with Gasteiger partial charge in [-0.15, -0.1) is 0 Å². The Kier molecular flexibility index (Phi) is 5.34. The van der Waals surface area contributed by atoms with Gasteiger partial charge in [0.15, 0.2) is 12.4 Å². The lowest BCUT2D eigenvalue weighted by Crippen LogP contribution is -2.16. The zero-order valence-electron chi connectivity index (χ0n) is 14.4. The molecule has 1 N–H and O–H groups in total. The van der Waals surface area contributed by atoms with Gasteiger partial charge in [0.2, 0.25) is 5.78 Å². The highest BCUT2D eigenvalue weighted by molar-refractivity contribution is 6.04. The zero-order valence-corrected chi connectivity index (χ0v) is 14.4. The van der Waals surface area contributed by atoms with Crippen LogP contribution in [0.25, 0.3) is 0 Å². The number of esters is 1. The number of Topliss-reactive ketones (excluding diaryl/α,β-unsaturated/α-hetero) is 2. The fraction of sp³-hybridized carbons (Fsp3) is 0.316. The molecule has 5 heteroatoms. The van der Waals surface area contributed by atoms with E-state index in [4.69, 9.17) is 4.74 Å². The van der Waals surface area contributed by atoms with Crippen LogP contribution >= 0.6 is 0 Å². The van der Waals surface area contributed by atoms with Crippen LogP contribution in [0, 0.1) is 20.8 Å². The Balaban J connectivity index is 1.98. The van der Waals surface area contributed by atoms with E-state index in [2.05, 4.69) is 4.98 Å². The van der Waals surface area contributed by atoms with Crippen molar-refractivity contribution in [2.45, 2.75) is 34.1 Å². The fourth-order valence-corrected chi connectivity index (χ4v) is 2.70. The molecule has 0 fully saturated rings. The molecular formula is C19H21NO4. The number of carbonyl (C=O) groups is 3. The summed E-state index contributed by atoms with van der Waals surface area (Å²) < 4.78 is 5.06. The van der Waals surface area contributed by atoms with Crippen molar-refractivity contribution >= 4 is 17.5 Å². The third-order valence-corrected chi connectivity index (χ3v) is 3.90. The van der Waals surface area contributed by atoms with Gasteiger partial charge in [-0.3, -0.25) is 14.4 Å². The Hall–Kier alpha value is -2.69. The largest absolute Gasteiger partial charge is 0.457 e. The third-order valence-electron chi connectivity index (χ3n) is 3.90. The molecule has 2 aromatic rings. The molecule has 1 aromatic heterocycles. The number of H-pyrrole nitrogens is 1. The van der Waals surface area contributed by atoms with E-state index in [9.17, 15) is 14.4 Å². The minimum Gasteiger partial charge on any atom is -0.457 e. The van der Waals surface area contributed by atoms with Crippen molar-refractivity contribution < 1.29 is 19.1 Å². The second kappa shape index (κ2) is 7.25. The number of aryl methyl sites for hydroxylation is 2. The molecule has 1 heterocycles. The predicted molar refractivity (Wildman–Crippen MR) is 90.4 cm³/mol. The summed E-state index contributed by atoms with van der Waals surface area (Å²) >= 11 is 0. The first kappa shape index (κ1) is 17.7. The quantitative estimate of drug-likeness (QED) is 0.653. The van der Waals surface area contributed by atoms with Crippen molar-refractivity contribution in [1.82, 2.24) is 4.98 Å². The minimum absolute atomic E-state index is 0.100. The molecule has 24 heavy (non-hydrogen) atoms. The summed E-state index contributed by atoms with van der Waals surface area (Å²) in [7, 11) is 0. The monoisotopic (exact) mass is 327 g/mol. The molecule has 126 valence electrons. The first-order valence-electron chi connectivity index (χ1n) is 7.74. The molecule has 0 unspecified atom stereocenters. The Morgan fingerprint density at radius 1 is 1.04 bits per heavy atom. The number of aromatic nitrogens is 1.